The second-order valence-electron chi connectivity index (χ2n) is 18.0. The second kappa shape index (κ2) is 40.8. The molecule has 0 amide bonds. The van der Waals surface area contributed by atoms with Crippen LogP contribution in [-0.4, -0.2) is 38.9 Å². The van der Waals surface area contributed by atoms with Crippen molar-refractivity contribution >= 4 is 30.4 Å². The normalized spacial score (nSPS) is 11.6. The Hall–Kier alpha value is -1.90. The number of hydrogen-bond acceptors (Lipinski definition) is 9. The van der Waals surface area contributed by atoms with E-state index in [4.69, 9.17) is 0 Å². The fraction of sp³-hybridized carbons (Fsp3) is 0.667. The summed E-state index contributed by atoms with van der Waals surface area (Å²) < 4.78 is 101. The van der Waals surface area contributed by atoms with Gasteiger partial charge in [0, 0.05) is 0 Å². The summed E-state index contributed by atoms with van der Waals surface area (Å²) in [6, 6.07) is 19.7. The Morgan fingerprint density at radius 2 is 0.448 bits per heavy atom. The molecule has 0 atom stereocenters. The van der Waals surface area contributed by atoms with Crippen molar-refractivity contribution in [3.63, 3.8) is 0 Å². The van der Waals surface area contributed by atoms with Crippen LogP contribution < -0.4 is 0 Å². The van der Waals surface area contributed by atoms with Gasteiger partial charge in [-0.1, -0.05) is 249 Å². The molecule has 0 aromatic heterocycles. The van der Waals surface area contributed by atoms with Gasteiger partial charge in [0.05, 0.1) is 14.7 Å². The summed E-state index contributed by atoms with van der Waals surface area (Å²) in [5.41, 5.74) is 1.99. The van der Waals surface area contributed by atoms with E-state index in [9.17, 15) is 38.9 Å². The fourth-order valence-corrected chi connectivity index (χ4v) is 10.5. The van der Waals surface area contributed by atoms with Crippen LogP contribution in [0.2, 0.25) is 0 Å². The molecule has 0 saturated carbocycles. The van der Waals surface area contributed by atoms with Gasteiger partial charge in [-0.05, 0) is 73.4 Å². The summed E-state index contributed by atoms with van der Waals surface area (Å²) in [6.07, 6.45) is 39.5. The predicted octanol–water partition coefficient (Wildman–Crippen LogP) is 15.2. The van der Waals surface area contributed by atoms with E-state index in [0.29, 0.717) is 36.0 Å². The van der Waals surface area contributed by atoms with Crippen molar-refractivity contribution in [1.29, 1.82) is 0 Å². The summed E-state index contributed by atoms with van der Waals surface area (Å²) in [5.74, 6) is 0. The van der Waals surface area contributed by atoms with Crippen LogP contribution in [0, 0.1) is 0 Å². The van der Waals surface area contributed by atoms with Crippen LogP contribution >= 0.6 is 0 Å². The van der Waals surface area contributed by atoms with Gasteiger partial charge in [-0.2, -0.15) is 0 Å². The van der Waals surface area contributed by atoms with E-state index in [1.807, 2.05) is 0 Å². The van der Waals surface area contributed by atoms with E-state index < -0.39 is 30.4 Å². The smallest absolute Gasteiger partial charge is 0.744 e. The van der Waals surface area contributed by atoms with Crippen LogP contribution in [-0.2, 0) is 71.3 Å². The largest absolute Gasteiger partial charge is 3.00 e. The van der Waals surface area contributed by atoms with Gasteiger partial charge in [0.15, 0.2) is 0 Å². The van der Waals surface area contributed by atoms with Gasteiger partial charge in [0.2, 0.25) is 0 Å². The molecule has 1 radical (unpaired) electrons. The molecule has 3 rings (SSSR count). The van der Waals surface area contributed by atoms with Gasteiger partial charge in [0.1, 0.15) is 30.4 Å². The molecule has 0 N–H and O–H groups in total. The third-order valence-electron chi connectivity index (χ3n) is 12.1. The molecule has 67 heavy (non-hydrogen) atoms. The third kappa shape index (κ3) is 34.1. The van der Waals surface area contributed by atoms with E-state index in [0.717, 1.165) is 38.5 Å². The van der Waals surface area contributed by atoms with Gasteiger partial charge in [-0.25, -0.2) is 25.3 Å². The van der Waals surface area contributed by atoms with Crippen molar-refractivity contribution in [2.45, 2.75) is 247 Å². The number of aryl methyl sites for hydroxylation is 3. The molecule has 0 fully saturated rings. The molecule has 0 aliphatic heterocycles. The van der Waals surface area contributed by atoms with Gasteiger partial charge in [-0.15, -0.1) is 0 Å². The Labute approximate surface area is 425 Å². The molecular weight excluding hydrogens is 937 g/mol. The zero-order valence-electron chi connectivity index (χ0n) is 41.7. The van der Waals surface area contributed by atoms with E-state index in [1.54, 1.807) is 54.6 Å². The molecule has 0 spiro atoms. The van der Waals surface area contributed by atoms with Gasteiger partial charge < -0.3 is 13.7 Å². The first-order chi connectivity index (χ1) is 31.7. The van der Waals surface area contributed by atoms with Crippen molar-refractivity contribution in [2.24, 2.45) is 0 Å². The number of hydrogen-bond donors (Lipinski definition) is 0. The topological polar surface area (TPSA) is 172 Å². The van der Waals surface area contributed by atoms with Crippen LogP contribution in [0.5, 0.6) is 0 Å². The zero-order valence-corrected chi connectivity index (χ0v) is 45.7. The molecule has 0 heterocycles. The van der Waals surface area contributed by atoms with E-state index in [-0.39, 0.29) is 36.4 Å². The molecule has 379 valence electrons. The quantitative estimate of drug-likeness (QED) is 0.0312. The maximum Gasteiger partial charge on any atom is 3.00 e. The standard InChI is InChI=1S/3C18H30O3S.Ti/c3*1-2-3-4-5-6-7-8-9-10-11-14-17-15-12-13-16-18(17)22(19,20)21;/h3*12-13,15-16H,2-11,14H2,1H3,(H,19,20,21);/q;;;+3/p-3. The Morgan fingerprint density at radius 1 is 0.284 bits per heavy atom. The van der Waals surface area contributed by atoms with Crippen molar-refractivity contribution in [3.05, 3.63) is 89.5 Å². The Bertz CT molecular complexity index is 1760. The molecule has 13 heteroatoms. The first-order valence-electron chi connectivity index (χ1n) is 25.8. The van der Waals surface area contributed by atoms with Crippen LogP contribution in [0.15, 0.2) is 87.5 Å². The first kappa shape index (κ1) is 65.1. The number of rotatable bonds is 36. The molecule has 0 aliphatic carbocycles. The first-order valence-corrected chi connectivity index (χ1v) is 30.0. The van der Waals surface area contributed by atoms with Crippen molar-refractivity contribution in [2.75, 3.05) is 0 Å². The molecule has 0 unspecified atom stereocenters. The maximum atomic E-state index is 11.2. The van der Waals surface area contributed by atoms with Crippen LogP contribution in [0.1, 0.15) is 230 Å². The Morgan fingerprint density at radius 3 is 0.627 bits per heavy atom. The van der Waals surface area contributed by atoms with Gasteiger partial charge in [0.25, 0.3) is 0 Å². The minimum Gasteiger partial charge on any atom is -0.744 e. The summed E-state index contributed by atoms with van der Waals surface area (Å²) in [7, 11) is -13.0. The number of benzene rings is 3. The van der Waals surface area contributed by atoms with Crippen LogP contribution in [0.3, 0.4) is 0 Å². The van der Waals surface area contributed by atoms with Crippen molar-refractivity contribution in [1.82, 2.24) is 0 Å². The predicted molar refractivity (Wildman–Crippen MR) is 270 cm³/mol. The molecule has 0 saturated heterocycles. The minimum absolute atomic E-state index is 0. The summed E-state index contributed by atoms with van der Waals surface area (Å²) in [5, 5.41) is 0. The molecule has 3 aromatic rings. The fourth-order valence-electron chi connectivity index (χ4n) is 8.27. The van der Waals surface area contributed by atoms with Gasteiger partial charge in [-0.3, -0.25) is 0 Å². The number of unbranched alkanes of at least 4 members (excludes halogenated alkanes) is 27. The van der Waals surface area contributed by atoms with Gasteiger partial charge >= 0.3 is 21.7 Å². The SMILES string of the molecule is CCCCCCCCCCCCc1ccccc1S(=O)(=O)[O-].CCCCCCCCCCCCc1ccccc1S(=O)(=O)[O-].CCCCCCCCCCCCc1ccccc1S(=O)(=O)[O-].[Ti+3]. The second-order valence-corrected chi connectivity index (χ2v) is 22.0. The van der Waals surface area contributed by atoms with E-state index in [1.165, 1.54) is 172 Å². The molecule has 0 aliphatic rings. The monoisotopic (exact) mass is 1020 g/mol. The van der Waals surface area contributed by atoms with Crippen LogP contribution in [0.25, 0.3) is 0 Å². The summed E-state index contributed by atoms with van der Waals surface area (Å²) in [6.45, 7) is 6.70. The molecule has 3 aromatic carbocycles. The molecular formula is C54H87O9S3Ti. The summed E-state index contributed by atoms with van der Waals surface area (Å²) in [4.78, 5) is -0.150. The van der Waals surface area contributed by atoms with E-state index >= 15 is 0 Å². The van der Waals surface area contributed by atoms with Crippen molar-refractivity contribution in [3.8, 4) is 0 Å². The van der Waals surface area contributed by atoms with E-state index in [2.05, 4.69) is 20.8 Å². The van der Waals surface area contributed by atoms with Crippen molar-refractivity contribution < 1.29 is 60.6 Å². The molecule has 0 bridgehead atoms. The van der Waals surface area contributed by atoms with Crippen LogP contribution in [0.4, 0.5) is 0 Å². The molecule has 9 nitrogen and oxygen atoms in total. The average molecular weight is 1020 g/mol. The minimum atomic E-state index is -4.35. The average Bonchev–Trinajstić information content (AvgIpc) is 3.28. The Kier molecular flexibility index (Phi) is 39.6. The maximum absolute atomic E-state index is 11.2. The summed E-state index contributed by atoms with van der Waals surface area (Å²) >= 11 is 0. The zero-order chi connectivity index (χ0) is 48.8. The Balaban J connectivity index is 0.000000968. The third-order valence-corrected chi connectivity index (χ3v) is 14.9.